The van der Waals surface area contributed by atoms with Gasteiger partial charge < -0.3 is 9.88 Å². The molecule has 0 spiro atoms. The van der Waals surface area contributed by atoms with Crippen molar-refractivity contribution in [1.82, 2.24) is 19.7 Å². The molecule has 0 bridgehead atoms. The second kappa shape index (κ2) is 6.78. The molecule has 5 nitrogen and oxygen atoms in total. The first-order valence-corrected chi connectivity index (χ1v) is 8.83. The molecule has 3 aromatic rings. The highest BCUT2D eigenvalue weighted by molar-refractivity contribution is 5.94. The number of aryl methyl sites for hydroxylation is 1. The number of amides is 1. The SMILES string of the molecule is Cn1ccc([C@@H]2CCCN(C(=O)c3cc(-c4ccc(F)cc4)c[nH]3)C2)n1. The summed E-state index contributed by atoms with van der Waals surface area (Å²) in [6, 6.07) is 10.1. The maximum absolute atomic E-state index is 13.1. The molecule has 0 unspecified atom stereocenters. The fraction of sp³-hybridized carbons (Fsp3) is 0.300. The van der Waals surface area contributed by atoms with E-state index >= 15 is 0 Å². The normalized spacial score (nSPS) is 17.5. The molecule has 0 radical (unpaired) electrons. The molecule has 2 aromatic heterocycles. The number of carbonyl (C=O) groups excluding carboxylic acids is 1. The Morgan fingerprint density at radius 1 is 1.23 bits per heavy atom. The van der Waals surface area contributed by atoms with Crippen LogP contribution in [-0.4, -0.2) is 38.7 Å². The number of carbonyl (C=O) groups is 1. The first kappa shape index (κ1) is 16.6. The predicted octanol–water partition coefficient (Wildman–Crippen LogP) is 3.57. The molecule has 1 aliphatic rings. The number of nitrogens with zero attached hydrogens (tertiary/aromatic N) is 3. The van der Waals surface area contributed by atoms with Crippen LogP contribution in [0, 0.1) is 5.82 Å². The fourth-order valence-electron chi connectivity index (χ4n) is 3.55. The van der Waals surface area contributed by atoms with Crippen LogP contribution >= 0.6 is 0 Å². The molecule has 1 N–H and O–H groups in total. The molecule has 26 heavy (non-hydrogen) atoms. The Kier molecular flexibility index (Phi) is 4.32. The Morgan fingerprint density at radius 2 is 2.04 bits per heavy atom. The lowest BCUT2D eigenvalue weighted by molar-refractivity contribution is 0.0700. The standard InChI is InChI=1S/C20H21FN4O/c1-24-10-8-18(23-24)15-3-2-9-25(13-15)20(26)19-11-16(12-22-19)14-4-6-17(21)7-5-14/h4-8,10-12,15,22H,2-3,9,13H2,1H3/t15-/m1/s1. The highest BCUT2D eigenvalue weighted by atomic mass is 19.1. The Morgan fingerprint density at radius 3 is 2.77 bits per heavy atom. The van der Waals surface area contributed by atoms with Crippen LogP contribution in [0.15, 0.2) is 48.8 Å². The van der Waals surface area contributed by atoms with Crippen molar-refractivity contribution in [3.05, 3.63) is 66.0 Å². The number of nitrogens with one attached hydrogen (secondary N) is 1. The van der Waals surface area contributed by atoms with Gasteiger partial charge in [-0.2, -0.15) is 5.10 Å². The molecule has 0 saturated carbocycles. The van der Waals surface area contributed by atoms with E-state index in [4.69, 9.17) is 0 Å². The molecule has 1 amide bonds. The second-order valence-electron chi connectivity index (χ2n) is 6.81. The van der Waals surface area contributed by atoms with Crippen molar-refractivity contribution in [1.29, 1.82) is 0 Å². The summed E-state index contributed by atoms with van der Waals surface area (Å²) in [5, 5.41) is 4.49. The molecule has 134 valence electrons. The minimum atomic E-state index is -0.269. The Hall–Kier alpha value is -2.89. The fourth-order valence-corrected chi connectivity index (χ4v) is 3.55. The maximum Gasteiger partial charge on any atom is 0.270 e. The number of likely N-dealkylation sites (tertiary alicyclic amines) is 1. The predicted molar refractivity (Wildman–Crippen MR) is 97.3 cm³/mol. The van der Waals surface area contributed by atoms with Gasteiger partial charge in [-0.25, -0.2) is 4.39 Å². The summed E-state index contributed by atoms with van der Waals surface area (Å²) in [5.41, 5.74) is 3.37. The van der Waals surface area contributed by atoms with Crippen LogP contribution in [-0.2, 0) is 7.05 Å². The largest absolute Gasteiger partial charge is 0.357 e. The van der Waals surface area contributed by atoms with Crippen LogP contribution in [0.3, 0.4) is 0 Å². The van der Waals surface area contributed by atoms with E-state index in [0.29, 0.717) is 12.2 Å². The third-order valence-corrected chi connectivity index (χ3v) is 4.95. The molecular weight excluding hydrogens is 331 g/mol. The van der Waals surface area contributed by atoms with Crippen LogP contribution in [0.1, 0.15) is 34.9 Å². The first-order chi connectivity index (χ1) is 12.6. The monoisotopic (exact) mass is 352 g/mol. The zero-order valence-electron chi connectivity index (χ0n) is 14.7. The highest BCUT2D eigenvalue weighted by Crippen LogP contribution is 2.27. The molecule has 1 atom stereocenters. The van der Waals surface area contributed by atoms with Gasteiger partial charge in [0.25, 0.3) is 5.91 Å². The van der Waals surface area contributed by atoms with E-state index in [1.807, 2.05) is 30.3 Å². The number of aromatic nitrogens is 3. The van der Waals surface area contributed by atoms with Crippen molar-refractivity contribution >= 4 is 5.91 Å². The molecule has 0 aliphatic carbocycles. The van der Waals surface area contributed by atoms with Crippen LogP contribution in [0.5, 0.6) is 0 Å². The summed E-state index contributed by atoms with van der Waals surface area (Å²) in [7, 11) is 1.91. The lowest BCUT2D eigenvalue weighted by Crippen LogP contribution is -2.39. The van der Waals surface area contributed by atoms with E-state index in [2.05, 4.69) is 10.1 Å². The van der Waals surface area contributed by atoms with E-state index < -0.39 is 0 Å². The van der Waals surface area contributed by atoms with Crippen LogP contribution in [0.25, 0.3) is 11.1 Å². The number of H-pyrrole nitrogens is 1. The van der Waals surface area contributed by atoms with E-state index in [9.17, 15) is 9.18 Å². The van der Waals surface area contributed by atoms with Crippen molar-refractivity contribution in [2.24, 2.45) is 7.05 Å². The van der Waals surface area contributed by atoms with Crippen molar-refractivity contribution in [3.8, 4) is 11.1 Å². The second-order valence-corrected chi connectivity index (χ2v) is 6.81. The molecule has 1 aromatic carbocycles. The number of rotatable bonds is 3. The minimum Gasteiger partial charge on any atom is -0.357 e. The zero-order valence-corrected chi connectivity index (χ0v) is 14.7. The molecule has 1 aliphatic heterocycles. The number of hydrogen-bond donors (Lipinski definition) is 1. The third kappa shape index (κ3) is 3.27. The van der Waals surface area contributed by atoms with Gasteiger partial charge in [0.05, 0.1) is 5.69 Å². The van der Waals surface area contributed by atoms with Gasteiger partial charge in [-0.3, -0.25) is 9.48 Å². The van der Waals surface area contributed by atoms with E-state index in [-0.39, 0.29) is 17.6 Å². The quantitative estimate of drug-likeness (QED) is 0.783. The van der Waals surface area contributed by atoms with Gasteiger partial charge in [-0.15, -0.1) is 0 Å². The van der Waals surface area contributed by atoms with Crippen LogP contribution in [0.2, 0.25) is 0 Å². The topological polar surface area (TPSA) is 53.9 Å². The van der Waals surface area contributed by atoms with Crippen molar-refractivity contribution in [3.63, 3.8) is 0 Å². The van der Waals surface area contributed by atoms with Crippen molar-refractivity contribution < 1.29 is 9.18 Å². The lowest BCUT2D eigenvalue weighted by atomic mass is 9.94. The maximum atomic E-state index is 13.1. The molecule has 1 fully saturated rings. The van der Waals surface area contributed by atoms with Crippen molar-refractivity contribution in [2.45, 2.75) is 18.8 Å². The average molecular weight is 352 g/mol. The number of aromatic amines is 1. The summed E-state index contributed by atoms with van der Waals surface area (Å²) in [6.07, 6.45) is 5.75. The van der Waals surface area contributed by atoms with E-state index in [1.54, 1.807) is 23.0 Å². The number of hydrogen-bond acceptors (Lipinski definition) is 2. The van der Waals surface area contributed by atoms with Gasteiger partial charge in [0.15, 0.2) is 0 Å². The average Bonchev–Trinajstić information content (AvgIpc) is 3.31. The zero-order chi connectivity index (χ0) is 18.1. The van der Waals surface area contributed by atoms with E-state index in [1.165, 1.54) is 12.1 Å². The Bertz CT molecular complexity index is 912. The van der Waals surface area contributed by atoms with Gasteiger partial charge in [0.2, 0.25) is 0 Å². The number of halogens is 1. The molecule has 6 heteroatoms. The minimum absolute atomic E-state index is 0.000933. The van der Waals surface area contributed by atoms with Gasteiger partial charge >= 0.3 is 0 Å². The molecule has 1 saturated heterocycles. The number of piperidine rings is 1. The van der Waals surface area contributed by atoms with Gasteiger partial charge in [-0.1, -0.05) is 12.1 Å². The summed E-state index contributed by atoms with van der Waals surface area (Å²) in [5.74, 6) is 0.00823. The van der Waals surface area contributed by atoms with Gasteiger partial charge in [-0.05, 0) is 48.2 Å². The summed E-state index contributed by atoms with van der Waals surface area (Å²) >= 11 is 0. The summed E-state index contributed by atoms with van der Waals surface area (Å²) in [6.45, 7) is 1.44. The van der Waals surface area contributed by atoms with Crippen molar-refractivity contribution in [2.75, 3.05) is 13.1 Å². The van der Waals surface area contributed by atoms with Crippen LogP contribution in [0.4, 0.5) is 4.39 Å². The van der Waals surface area contributed by atoms with E-state index in [0.717, 1.165) is 36.2 Å². The van der Waals surface area contributed by atoms with Gasteiger partial charge in [0.1, 0.15) is 11.5 Å². The molecule has 4 rings (SSSR count). The summed E-state index contributed by atoms with van der Waals surface area (Å²) in [4.78, 5) is 17.9. The number of benzene rings is 1. The third-order valence-electron chi connectivity index (χ3n) is 4.95. The molecular formula is C20H21FN4O. The lowest BCUT2D eigenvalue weighted by Gasteiger charge is -2.31. The first-order valence-electron chi connectivity index (χ1n) is 8.83. The molecule has 3 heterocycles. The summed E-state index contributed by atoms with van der Waals surface area (Å²) < 4.78 is 14.9. The highest BCUT2D eigenvalue weighted by Gasteiger charge is 2.27. The van der Waals surface area contributed by atoms with Gasteiger partial charge in [0, 0.05) is 38.4 Å². The Balaban J connectivity index is 1.49. The van der Waals surface area contributed by atoms with Crippen LogP contribution < -0.4 is 0 Å². The Labute approximate surface area is 151 Å². The smallest absolute Gasteiger partial charge is 0.270 e.